The first-order valence-corrected chi connectivity index (χ1v) is 7.36. The van der Waals surface area contributed by atoms with Crippen molar-refractivity contribution in [3.05, 3.63) is 28.3 Å². The third-order valence-electron chi connectivity index (χ3n) is 2.92. The van der Waals surface area contributed by atoms with Crippen LogP contribution in [0.5, 0.6) is 0 Å². The van der Waals surface area contributed by atoms with Crippen molar-refractivity contribution in [1.82, 2.24) is 10.0 Å². The van der Waals surface area contributed by atoms with E-state index in [2.05, 4.69) is 15.5 Å². The molecular weight excluding hydrogens is 302 g/mol. The molecule has 1 atom stereocenters. The quantitative estimate of drug-likeness (QED) is 0.310. The number of amides is 1. The minimum absolute atomic E-state index is 0.0393. The number of nitrogens with two attached hydrogens (primary N) is 1. The van der Waals surface area contributed by atoms with Gasteiger partial charge < -0.3 is 10.7 Å². The van der Waals surface area contributed by atoms with Gasteiger partial charge in [0.1, 0.15) is 4.90 Å². The minimum atomic E-state index is -3.96. The zero-order valence-corrected chi connectivity index (χ0v) is 11.5. The van der Waals surface area contributed by atoms with Crippen LogP contribution in [0, 0.1) is 10.1 Å². The summed E-state index contributed by atoms with van der Waals surface area (Å²) in [6, 6.07) is 2.60. The number of nitrogen functional groups attached to an aromatic ring is 1. The predicted molar refractivity (Wildman–Crippen MR) is 72.6 cm³/mol. The molecule has 1 aliphatic rings. The largest absolute Gasteiger partial charge is 0.354 e. The van der Waals surface area contributed by atoms with Crippen LogP contribution in [0.25, 0.3) is 0 Å². The number of anilines is 1. The van der Waals surface area contributed by atoms with Gasteiger partial charge in [0.25, 0.3) is 5.69 Å². The van der Waals surface area contributed by atoms with E-state index in [1.807, 2.05) is 0 Å². The number of nitro groups is 1. The summed E-state index contributed by atoms with van der Waals surface area (Å²) in [7, 11) is -3.96. The number of hydrogen-bond donors (Lipinski definition) is 4. The molecule has 0 aliphatic carbocycles. The summed E-state index contributed by atoms with van der Waals surface area (Å²) in [5, 5.41) is 13.2. The molecule has 21 heavy (non-hydrogen) atoms. The van der Waals surface area contributed by atoms with Crippen LogP contribution in [0.15, 0.2) is 23.1 Å². The average Bonchev–Trinajstić information content (AvgIpc) is 2.82. The lowest BCUT2D eigenvalue weighted by Gasteiger charge is -2.14. The third-order valence-corrected chi connectivity index (χ3v) is 4.50. The second-order valence-electron chi connectivity index (χ2n) is 4.41. The zero-order chi connectivity index (χ0) is 15.6. The Kier molecular flexibility index (Phi) is 4.06. The number of rotatable bonds is 5. The lowest BCUT2D eigenvalue weighted by Crippen LogP contribution is -2.36. The average molecular weight is 315 g/mol. The normalized spacial score (nSPS) is 18.3. The molecule has 0 saturated carbocycles. The highest BCUT2D eigenvalue weighted by Crippen LogP contribution is 2.26. The first-order valence-electron chi connectivity index (χ1n) is 5.87. The van der Waals surface area contributed by atoms with Crippen molar-refractivity contribution in [3.8, 4) is 0 Å². The van der Waals surface area contributed by atoms with Crippen molar-refractivity contribution in [2.24, 2.45) is 5.84 Å². The summed E-state index contributed by atoms with van der Waals surface area (Å²) >= 11 is 0. The van der Waals surface area contributed by atoms with Crippen LogP contribution in [-0.4, -0.2) is 31.8 Å². The molecule has 5 N–H and O–H groups in total. The number of non-ortho nitro benzene ring substituents is 1. The number of nitro benzene ring substituents is 1. The Bertz CT molecular complexity index is 689. The molecule has 0 radical (unpaired) electrons. The monoisotopic (exact) mass is 315 g/mol. The van der Waals surface area contributed by atoms with Crippen LogP contribution in [0.1, 0.15) is 6.42 Å². The lowest BCUT2D eigenvalue weighted by atomic mass is 10.3. The summed E-state index contributed by atoms with van der Waals surface area (Å²) in [6.07, 6.45) is 0.0393. The van der Waals surface area contributed by atoms with Gasteiger partial charge in [0.05, 0.1) is 10.6 Å². The fourth-order valence-corrected chi connectivity index (χ4v) is 3.34. The van der Waals surface area contributed by atoms with Gasteiger partial charge >= 0.3 is 0 Å². The second-order valence-corrected chi connectivity index (χ2v) is 6.09. The van der Waals surface area contributed by atoms with Gasteiger partial charge in [-0.15, -0.1) is 0 Å². The third kappa shape index (κ3) is 3.26. The van der Waals surface area contributed by atoms with Gasteiger partial charge in [-0.1, -0.05) is 0 Å². The van der Waals surface area contributed by atoms with Crippen LogP contribution < -0.4 is 21.3 Å². The fourth-order valence-electron chi connectivity index (χ4n) is 1.95. The van der Waals surface area contributed by atoms with Crippen LogP contribution in [-0.2, 0) is 14.8 Å². The fraction of sp³-hybridized carbons (Fsp3) is 0.300. The van der Waals surface area contributed by atoms with Crippen molar-refractivity contribution >= 4 is 27.3 Å². The van der Waals surface area contributed by atoms with E-state index in [9.17, 15) is 23.3 Å². The lowest BCUT2D eigenvalue weighted by molar-refractivity contribution is -0.384. The predicted octanol–water partition coefficient (Wildman–Crippen LogP) is -0.953. The molecule has 1 aliphatic heterocycles. The highest BCUT2D eigenvalue weighted by atomic mass is 32.2. The van der Waals surface area contributed by atoms with Gasteiger partial charge in [0.2, 0.25) is 15.9 Å². The number of nitrogens with zero attached hydrogens (tertiary/aromatic N) is 1. The Morgan fingerprint density at radius 1 is 1.43 bits per heavy atom. The van der Waals surface area contributed by atoms with Crippen LogP contribution in [0.3, 0.4) is 0 Å². The first-order chi connectivity index (χ1) is 9.83. The van der Waals surface area contributed by atoms with E-state index in [-0.39, 0.29) is 35.1 Å². The van der Waals surface area contributed by atoms with Gasteiger partial charge in [-0.05, 0) is 6.07 Å². The van der Waals surface area contributed by atoms with E-state index in [4.69, 9.17) is 5.84 Å². The van der Waals surface area contributed by atoms with E-state index in [0.29, 0.717) is 0 Å². The number of carbonyl (C=O) groups is 1. The van der Waals surface area contributed by atoms with Gasteiger partial charge in [-0.25, -0.2) is 13.1 Å². The van der Waals surface area contributed by atoms with Crippen molar-refractivity contribution in [1.29, 1.82) is 0 Å². The van der Waals surface area contributed by atoms with Gasteiger partial charge in [0, 0.05) is 31.1 Å². The Morgan fingerprint density at radius 3 is 2.67 bits per heavy atom. The van der Waals surface area contributed by atoms with Crippen LogP contribution in [0.2, 0.25) is 0 Å². The molecule has 1 amide bonds. The summed E-state index contributed by atoms with van der Waals surface area (Å²) < 4.78 is 26.8. The maximum absolute atomic E-state index is 12.2. The molecule has 1 aromatic carbocycles. The van der Waals surface area contributed by atoms with Gasteiger partial charge in [-0.3, -0.25) is 20.8 Å². The molecule has 11 heteroatoms. The van der Waals surface area contributed by atoms with E-state index in [0.717, 1.165) is 18.2 Å². The van der Waals surface area contributed by atoms with Crippen LogP contribution >= 0.6 is 0 Å². The van der Waals surface area contributed by atoms with E-state index < -0.39 is 21.0 Å². The first kappa shape index (κ1) is 15.2. The van der Waals surface area contributed by atoms with Crippen molar-refractivity contribution in [2.75, 3.05) is 12.0 Å². The SMILES string of the molecule is NNc1cc([N+](=O)[O-])ccc1S(=O)(=O)NC1CNC(=O)C1. The molecule has 0 spiro atoms. The minimum Gasteiger partial charge on any atom is -0.354 e. The topological polar surface area (TPSA) is 156 Å². The van der Waals surface area contributed by atoms with E-state index >= 15 is 0 Å². The maximum atomic E-state index is 12.2. The Labute approximate surface area is 119 Å². The van der Waals surface area contributed by atoms with Crippen molar-refractivity contribution < 1.29 is 18.1 Å². The molecule has 1 unspecified atom stereocenters. The molecule has 0 aromatic heterocycles. The molecular formula is C10H13N5O5S. The second kappa shape index (κ2) is 5.63. The summed E-state index contributed by atoms with van der Waals surface area (Å²) in [5.41, 5.74) is 1.73. The molecule has 1 saturated heterocycles. The van der Waals surface area contributed by atoms with Crippen molar-refractivity contribution in [2.45, 2.75) is 17.4 Å². The Hall–Kier alpha value is -2.24. The van der Waals surface area contributed by atoms with E-state index in [1.54, 1.807) is 0 Å². The number of carbonyl (C=O) groups excluding carboxylic acids is 1. The van der Waals surface area contributed by atoms with Gasteiger partial charge in [-0.2, -0.15) is 0 Å². The van der Waals surface area contributed by atoms with E-state index in [1.165, 1.54) is 0 Å². The highest BCUT2D eigenvalue weighted by molar-refractivity contribution is 7.89. The molecule has 1 fully saturated rings. The zero-order valence-electron chi connectivity index (χ0n) is 10.7. The molecule has 0 bridgehead atoms. The molecule has 1 aromatic rings. The summed E-state index contributed by atoms with van der Waals surface area (Å²) in [4.78, 5) is 20.8. The van der Waals surface area contributed by atoms with Gasteiger partial charge in [0.15, 0.2) is 0 Å². The van der Waals surface area contributed by atoms with Crippen LogP contribution in [0.4, 0.5) is 11.4 Å². The standard InChI is InChI=1S/C10H13N5O5S/c11-13-8-4-7(15(17)18)1-2-9(8)21(19,20)14-6-3-10(16)12-5-6/h1-2,4,6,13-14H,3,5,11H2,(H,12,16). The smallest absolute Gasteiger partial charge is 0.271 e. The van der Waals surface area contributed by atoms with Crippen molar-refractivity contribution in [3.63, 3.8) is 0 Å². The molecule has 2 rings (SSSR count). The number of benzene rings is 1. The highest BCUT2D eigenvalue weighted by Gasteiger charge is 2.28. The maximum Gasteiger partial charge on any atom is 0.271 e. The molecule has 114 valence electrons. The number of sulfonamides is 1. The number of hydrazine groups is 1. The number of hydrogen-bond acceptors (Lipinski definition) is 7. The Morgan fingerprint density at radius 2 is 2.14 bits per heavy atom. The Balaban J connectivity index is 2.31. The molecule has 10 nitrogen and oxygen atoms in total. The summed E-state index contributed by atoms with van der Waals surface area (Å²) in [6.45, 7) is 0.191. The molecule has 1 heterocycles. The summed E-state index contributed by atoms with van der Waals surface area (Å²) in [5.74, 6) is 4.97. The number of nitrogens with one attached hydrogen (secondary N) is 3.